The smallest absolute Gasteiger partial charge is 0.343 e. The van der Waals surface area contributed by atoms with Crippen LogP contribution in [0.15, 0.2) is 0 Å². The molecule has 24 nitrogen and oxygen atoms in total. The van der Waals surface area contributed by atoms with Gasteiger partial charge in [0, 0.05) is 73.8 Å². The van der Waals surface area contributed by atoms with Crippen molar-refractivity contribution in [2.45, 2.75) is 279 Å². The molecule has 101 heavy (non-hydrogen) atoms. The van der Waals surface area contributed by atoms with Crippen LogP contribution in [0.4, 0.5) is 13.2 Å². The molecule has 4 saturated heterocycles. The zero-order valence-electron chi connectivity index (χ0n) is 61.8. The van der Waals surface area contributed by atoms with Crippen molar-refractivity contribution in [2.24, 2.45) is 35.5 Å². The van der Waals surface area contributed by atoms with Gasteiger partial charge in [0.1, 0.15) is 59.9 Å². The van der Waals surface area contributed by atoms with Gasteiger partial charge in [-0.3, -0.25) is 57.5 Å². The maximum Gasteiger partial charge on any atom is 0.393 e. The Hall–Kier alpha value is -6.28. The number of likely N-dealkylation sites (tertiary alicyclic amines) is 1. The molecule has 0 aromatic carbocycles. The summed E-state index contributed by atoms with van der Waals surface area (Å²) < 4.78 is 42.1. The van der Waals surface area contributed by atoms with E-state index >= 15 is 38.4 Å². The highest BCUT2D eigenvalue weighted by Gasteiger charge is 2.53. The van der Waals surface area contributed by atoms with Crippen molar-refractivity contribution in [1.29, 1.82) is 0 Å². The molecule has 8 rings (SSSR count). The van der Waals surface area contributed by atoms with Gasteiger partial charge >= 0.3 is 6.18 Å². The Labute approximate surface area is 600 Å². The highest BCUT2D eigenvalue weighted by atomic mass is 35.5. The SMILES string of the molecule is CC[C@H](C)[C@@H]1NC(=O)[C@H](C2CCC2)N(C)C(=O)C[C@@H](C(=O)N2CCCCC2)N(C)C(=O)[C@H]([C@@H](C)CC)N(C)C(=O)C2(CCCC2)NC(=O)[C@@H]2CCCN2C(=O)[C@H](CCC2CCC(C(F)(F)F)C(Cl)C2)NC(=O)CN(C)C(=O)[C@H](CC2CCCCC2)N(C)C(=O)[C@@H]2CCN2C(=O)[C@H](C)N(C)C1=O. The molecule has 568 valence electrons. The van der Waals surface area contributed by atoms with Crippen molar-refractivity contribution in [3.63, 3.8) is 0 Å². The molecule has 0 bridgehead atoms. The Kier molecular flexibility index (Phi) is 27.9. The molecule has 4 aliphatic carbocycles. The molecular weight excluding hydrogens is 1330 g/mol. The molecule has 0 radical (unpaired) electrons. The van der Waals surface area contributed by atoms with E-state index in [4.69, 9.17) is 11.6 Å². The summed E-state index contributed by atoms with van der Waals surface area (Å²) in [4.78, 5) is 193. The number of hydrogen-bond donors (Lipinski definition) is 3. The second-order valence-electron chi connectivity index (χ2n) is 31.2. The van der Waals surface area contributed by atoms with Crippen LogP contribution in [0.5, 0.6) is 0 Å². The molecule has 4 aliphatic heterocycles. The summed E-state index contributed by atoms with van der Waals surface area (Å²) in [6.45, 7) is 9.28. The van der Waals surface area contributed by atoms with Gasteiger partial charge in [0.05, 0.1) is 18.9 Å². The maximum absolute atomic E-state index is 15.6. The largest absolute Gasteiger partial charge is 0.393 e. The maximum atomic E-state index is 15.6. The van der Waals surface area contributed by atoms with Crippen molar-refractivity contribution >= 4 is 82.5 Å². The molecule has 14 atom stereocenters. The fourth-order valence-electron chi connectivity index (χ4n) is 17.1. The third kappa shape index (κ3) is 18.4. The van der Waals surface area contributed by atoms with E-state index in [2.05, 4.69) is 16.0 Å². The Morgan fingerprint density at radius 3 is 1.80 bits per heavy atom. The fourth-order valence-corrected chi connectivity index (χ4v) is 17.7. The standard InChI is InChI=1S/C73H116ClF3N12O12/c1-12-44(3)59-69(99)82(7)46(5)64(94)89-39-33-54(89)67(97)83(8)55(41-47-24-16-14-17-25-47)66(96)81(6)43-57(90)78-52(32-30-48-29-31-50(51(74)40-48)73(75,76)77)65(95)88-38-23-28-53(88)62(92)80-72(34-18-19-35-72)71(101)86(11)60(45(4)13-2)70(100)84(9)56(68(98)87-36-20-15-21-37-87)42-58(91)85(10)61(63(93)79-59)49-26-22-27-49/h44-56,59-61H,12-43H2,1-11H3,(H,78,90)(H,79,93)(H,80,92)/t44-,45-,46-,48?,50?,51?,52-,53-,54-,55-,56-,59-,60-,61-/m0/s1. The highest BCUT2D eigenvalue weighted by molar-refractivity contribution is 6.21. The minimum atomic E-state index is -4.51. The number of alkyl halides is 4. The lowest BCUT2D eigenvalue weighted by Gasteiger charge is -2.45. The summed E-state index contributed by atoms with van der Waals surface area (Å²) in [7, 11) is 8.79. The zero-order chi connectivity index (χ0) is 74.1. The number of nitrogens with zero attached hydrogens (tertiary/aromatic N) is 9. The second-order valence-corrected chi connectivity index (χ2v) is 31.7. The molecule has 3 unspecified atom stereocenters. The summed E-state index contributed by atoms with van der Waals surface area (Å²) in [5.41, 5.74) is -1.56. The molecule has 4 heterocycles. The van der Waals surface area contributed by atoms with Crippen LogP contribution >= 0.6 is 11.6 Å². The van der Waals surface area contributed by atoms with Gasteiger partial charge in [-0.2, -0.15) is 13.2 Å². The molecule has 12 amide bonds. The first-order valence-electron chi connectivity index (χ1n) is 37.9. The Bertz CT molecular complexity index is 3000. The van der Waals surface area contributed by atoms with Crippen LogP contribution in [-0.4, -0.2) is 261 Å². The van der Waals surface area contributed by atoms with Crippen LogP contribution in [0.2, 0.25) is 0 Å². The van der Waals surface area contributed by atoms with Gasteiger partial charge in [0.15, 0.2) is 0 Å². The molecular formula is C73H116ClF3N12O12. The molecule has 1 spiro atoms. The Balaban J connectivity index is 1.16. The first-order chi connectivity index (χ1) is 47.8. The molecule has 4 saturated carbocycles. The summed E-state index contributed by atoms with van der Waals surface area (Å²) in [5, 5.41) is 7.70. The van der Waals surface area contributed by atoms with Crippen LogP contribution in [0.3, 0.4) is 0 Å². The molecule has 28 heteroatoms. The van der Waals surface area contributed by atoms with Crippen LogP contribution in [-0.2, 0) is 57.5 Å². The van der Waals surface area contributed by atoms with E-state index in [0.29, 0.717) is 70.9 Å². The fraction of sp³-hybridized carbons (Fsp3) is 0.836. The average molecular weight is 1450 g/mol. The lowest BCUT2D eigenvalue weighted by molar-refractivity contribution is -0.182. The van der Waals surface area contributed by atoms with Crippen molar-refractivity contribution in [3.8, 4) is 0 Å². The normalized spacial score (nSPS) is 31.9. The summed E-state index contributed by atoms with van der Waals surface area (Å²) in [6, 6.07) is -10.6. The van der Waals surface area contributed by atoms with Gasteiger partial charge in [-0.1, -0.05) is 91.9 Å². The first-order valence-corrected chi connectivity index (χ1v) is 38.3. The van der Waals surface area contributed by atoms with E-state index in [1.165, 1.54) is 81.5 Å². The van der Waals surface area contributed by atoms with Gasteiger partial charge < -0.3 is 60.0 Å². The van der Waals surface area contributed by atoms with Crippen LogP contribution in [0, 0.1) is 35.5 Å². The van der Waals surface area contributed by atoms with E-state index in [0.717, 1.165) is 44.9 Å². The first kappa shape index (κ1) is 80.4. The van der Waals surface area contributed by atoms with E-state index in [-0.39, 0.29) is 95.1 Å². The van der Waals surface area contributed by atoms with Crippen LogP contribution in [0.1, 0.15) is 208 Å². The number of hydrogen-bond acceptors (Lipinski definition) is 12. The zero-order valence-corrected chi connectivity index (χ0v) is 62.6. The van der Waals surface area contributed by atoms with Crippen LogP contribution in [0.25, 0.3) is 0 Å². The number of likely N-dealkylation sites (N-methyl/N-ethyl adjacent to an activating group) is 6. The average Bonchev–Trinajstić information content (AvgIpc) is 1.77. The second kappa shape index (κ2) is 35.0. The number of piperidine rings is 1. The van der Waals surface area contributed by atoms with Crippen molar-refractivity contribution < 1.29 is 70.7 Å². The lowest BCUT2D eigenvalue weighted by Crippen LogP contribution is -2.65. The van der Waals surface area contributed by atoms with Gasteiger partial charge in [-0.15, -0.1) is 11.6 Å². The van der Waals surface area contributed by atoms with Crippen LogP contribution < -0.4 is 16.0 Å². The number of rotatable bonds is 11. The summed E-state index contributed by atoms with van der Waals surface area (Å²) >= 11 is 6.41. The number of halogens is 4. The molecule has 0 aromatic rings. The third-order valence-electron chi connectivity index (χ3n) is 24.6. The third-order valence-corrected chi connectivity index (χ3v) is 25.1. The van der Waals surface area contributed by atoms with Gasteiger partial charge in [-0.05, 0) is 139 Å². The Morgan fingerprint density at radius 1 is 0.584 bits per heavy atom. The number of nitrogens with one attached hydrogen (secondary N) is 3. The van der Waals surface area contributed by atoms with Crippen molar-refractivity contribution in [2.75, 3.05) is 75.0 Å². The summed E-state index contributed by atoms with van der Waals surface area (Å²) in [6.07, 6.45) is 6.91. The molecule has 8 fully saturated rings. The van der Waals surface area contributed by atoms with Crippen molar-refractivity contribution in [1.82, 2.24) is 60.0 Å². The molecule has 0 aromatic heterocycles. The topological polar surface area (TPSA) is 270 Å². The Morgan fingerprint density at radius 2 is 1.22 bits per heavy atom. The van der Waals surface area contributed by atoms with Gasteiger partial charge in [0.25, 0.3) is 0 Å². The van der Waals surface area contributed by atoms with Crippen molar-refractivity contribution in [3.05, 3.63) is 0 Å². The highest BCUT2D eigenvalue weighted by Crippen LogP contribution is 2.44. The van der Waals surface area contributed by atoms with E-state index in [1.54, 1.807) is 25.7 Å². The minimum Gasteiger partial charge on any atom is -0.343 e. The predicted octanol–water partition coefficient (Wildman–Crippen LogP) is 6.24. The molecule has 8 aliphatic rings. The van der Waals surface area contributed by atoms with E-state index < -0.39 is 173 Å². The van der Waals surface area contributed by atoms with Gasteiger partial charge in [-0.25, -0.2) is 0 Å². The lowest BCUT2D eigenvalue weighted by atomic mass is 9.78. The molecule has 3 N–H and O–H groups in total. The van der Waals surface area contributed by atoms with E-state index in [1.807, 2.05) is 13.8 Å². The predicted molar refractivity (Wildman–Crippen MR) is 372 cm³/mol. The monoisotopic (exact) mass is 1440 g/mol. The number of carbonyl (C=O) groups is 12. The van der Waals surface area contributed by atoms with Gasteiger partial charge in [0.2, 0.25) is 70.9 Å². The number of fused-ring (bicyclic) bond motifs is 2. The number of carbonyl (C=O) groups excluding carboxylic acids is 12. The number of amides is 12. The summed E-state index contributed by atoms with van der Waals surface area (Å²) in [5.74, 6) is -10.6. The minimum absolute atomic E-state index is 0.00303. The quantitative estimate of drug-likeness (QED) is 0.194. The van der Waals surface area contributed by atoms with E-state index in [9.17, 15) is 32.3 Å².